The molecule has 2 N–H and O–H groups in total. The van der Waals surface area contributed by atoms with E-state index in [-0.39, 0.29) is 5.91 Å². The lowest BCUT2D eigenvalue weighted by atomic mass is 10.1. The minimum Gasteiger partial charge on any atom is -0.380 e. The van der Waals surface area contributed by atoms with Crippen LogP contribution in [0.25, 0.3) is 0 Å². The van der Waals surface area contributed by atoms with Crippen molar-refractivity contribution in [3.63, 3.8) is 0 Å². The summed E-state index contributed by atoms with van der Waals surface area (Å²) in [5.74, 6) is 0.433. The first-order valence-electron chi connectivity index (χ1n) is 7.78. The van der Waals surface area contributed by atoms with Gasteiger partial charge in [-0.05, 0) is 36.1 Å². The smallest absolute Gasteiger partial charge is 0.269 e. The van der Waals surface area contributed by atoms with Crippen LogP contribution < -0.4 is 10.6 Å². The number of hydrogen-bond donors (Lipinski definition) is 2. The molecule has 5 heteroatoms. The van der Waals surface area contributed by atoms with Gasteiger partial charge in [0.1, 0.15) is 5.69 Å². The summed E-state index contributed by atoms with van der Waals surface area (Å²) in [6.07, 6.45) is 2.62. The average Bonchev–Trinajstić information content (AvgIpc) is 2.54. The maximum absolute atomic E-state index is 12.0. The van der Waals surface area contributed by atoms with Gasteiger partial charge >= 0.3 is 0 Å². The van der Waals surface area contributed by atoms with Gasteiger partial charge in [-0.1, -0.05) is 43.6 Å². The zero-order valence-corrected chi connectivity index (χ0v) is 14.2. The fourth-order valence-electron chi connectivity index (χ4n) is 2.04. The van der Waals surface area contributed by atoms with Gasteiger partial charge in [-0.3, -0.25) is 4.79 Å². The summed E-state index contributed by atoms with van der Waals surface area (Å²) < 4.78 is 0. The van der Waals surface area contributed by atoms with E-state index in [9.17, 15) is 4.79 Å². The van der Waals surface area contributed by atoms with Crippen LogP contribution in [0.5, 0.6) is 0 Å². The van der Waals surface area contributed by atoms with E-state index in [2.05, 4.69) is 29.5 Å². The molecule has 0 saturated carbocycles. The Balaban J connectivity index is 1.87. The summed E-state index contributed by atoms with van der Waals surface area (Å²) >= 11 is 6.12. The van der Waals surface area contributed by atoms with E-state index in [1.54, 1.807) is 12.3 Å². The number of aromatic nitrogens is 1. The molecule has 0 aliphatic heterocycles. The first-order valence-corrected chi connectivity index (χ1v) is 8.15. The highest BCUT2D eigenvalue weighted by Gasteiger charge is 2.07. The number of nitrogens with one attached hydrogen (secondary N) is 2. The van der Waals surface area contributed by atoms with Crippen molar-refractivity contribution in [2.75, 3.05) is 11.9 Å². The molecule has 0 atom stereocenters. The molecule has 1 amide bonds. The van der Waals surface area contributed by atoms with Gasteiger partial charge in [0.25, 0.3) is 5.91 Å². The van der Waals surface area contributed by atoms with Crippen LogP contribution in [0.4, 0.5) is 5.69 Å². The van der Waals surface area contributed by atoms with Gasteiger partial charge in [-0.15, -0.1) is 0 Å². The van der Waals surface area contributed by atoms with E-state index in [4.69, 9.17) is 11.6 Å². The van der Waals surface area contributed by atoms with Gasteiger partial charge in [0.15, 0.2) is 0 Å². The van der Waals surface area contributed by atoms with Crippen LogP contribution in [0.15, 0.2) is 42.6 Å². The molecule has 0 aliphatic rings. The molecule has 122 valence electrons. The molecule has 23 heavy (non-hydrogen) atoms. The number of benzene rings is 1. The SMILES string of the molecule is CC(C)CCNC(=O)c1ccc(NCc2ccccc2Cl)cn1. The van der Waals surface area contributed by atoms with Gasteiger partial charge in [0.2, 0.25) is 0 Å². The Morgan fingerprint density at radius 3 is 2.65 bits per heavy atom. The Bertz CT molecular complexity index is 641. The molecule has 0 saturated heterocycles. The van der Waals surface area contributed by atoms with Crippen molar-refractivity contribution >= 4 is 23.2 Å². The lowest BCUT2D eigenvalue weighted by Crippen LogP contribution is -2.26. The molecule has 0 bridgehead atoms. The topological polar surface area (TPSA) is 54.0 Å². The normalized spacial score (nSPS) is 10.6. The highest BCUT2D eigenvalue weighted by molar-refractivity contribution is 6.31. The molecule has 0 fully saturated rings. The molecular formula is C18H22ClN3O. The van der Waals surface area contributed by atoms with Crippen LogP contribution in [0.3, 0.4) is 0 Å². The van der Waals surface area contributed by atoms with Crippen molar-refractivity contribution in [1.82, 2.24) is 10.3 Å². The average molecular weight is 332 g/mol. The number of hydrogen-bond acceptors (Lipinski definition) is 3. The molecule has 0 unspecified atom stereocenters. The van der Waals surface area contributed by atoms with Gasteiger partial charge < -0.3 is 10.6 Å². The van der Waals surface area contributed by atoms with Crippen molar-refractivity contribution < 1.29 is 4.79 Å². The van der Waals surface area contributed by atoms with Crippen LogP contribution in [0.1, 0.15) is 36.3 Å². The Hall–Kier alpha value is -2.07. The van der Waals surface area contributed by atoms with Crippen LogP contribution in [0, 0.1) is 5.92 Å². The summed E-state index contributed by atoms with van der Waals surface area (Å²) in [6, 6.07) is 11.3. The summed E-state index contributed by atoms with van der Waals surface area (Å²) in [7, 11) is 0. The van der Waals surface area contributed by atoms with Crippen molar-refractivity contribution in [1.29, 1.82) is 0 Å². The minimum absolute atomic E-state index is 0.136. The lowest BCUT2D eigenvalue weighted by molar-refractivity contribution is 0.0947. The fraction of sp³-hybridized carbons (Fsp3) is 0.333. The standard InChI is InChI=1S/C18H22ClN3O/c1-13(2)9-10-20-18(23)17-8-7-15(12-22-17)21-11-14-5-3-4-6-16(14)19/h3-8,12-13,21H,9-11H2,1-2H3,(H,20,23). The quantitative estimate of drug-likeness (QED) is 0.802. The predicted molar refractivity (Wildman–Crippen MR) is 94.8 cm³/mol. The third kappa shape index (κ3) is 5.57. The Morgan fingerprint density at radius 2 is 2.00 bits per heavy atom. The molecule has 0 aliphatic carbocycles. The number of anilines is 1. The van der Waals surface area contributed by atoms with Crippen molar-refractivity contribution in [3.05, 3.63) is 58.9 Å². The number of pyridine rings is 1. The number of rotatable bonds is 7. The second-order valence-electron chi connectivity index (χ2n) is 5.82. The summed E-state index contributed by atoms with van der Waals surface area (Å²) in [6.45, 7) is 5.54. The molecule has 4 nitrogen and oxygen atoms in total. The van der Waals surface area contributed by atoms with Crippen molar-refractivity contribution in [2.24, 2.45) is 5.92 Å². The second-order valence-corrected chi connectivity index (χ2v) is 6.22. The van der Waals surface area contributed by atoms with Gasteiger partial charge in [-0.2, -0.15) is 0 Å². The van der Waals surface area contributed by atoms with Crippen LogP contribution in [-0.4, -0.2) is 17.4 Å². The minimum atomic E-state index is -0.136. The largest absolute Gasteiger partial charge is 0.380 e. The fourth-order valence-corrected chi connectivity index (χ4v) is 2.24. The van der Waals surface area contributed by atoms with Crippen LogP contribution in [-0.2, 0) is 6.54 Å². The first-order chi connectivity index (χ1) is 11.1. The summed E-state index contributed by atoms with van der Waals surface area (Å²) in [4.78, 5) is 16.2. The number of amides is 1. The number of halogens is 1. The highest BCUT2D eigenvalue weighted by Crippen LogP contribution is 2.16. The zero-order valence-electron chi connectivity index (χ0n) is 13.5. The molecule has 2 aromatic rings. The lowest BCUT2D eigenvalue weighted by Gasteiger charge is -2.09. The molecule has 0 radical (unpaired) electrons. The highest BCUT2D eigenvalue weighted by atomic mass is 35.5. The van der Waals surface area contributed by atoms with Gasteiger partial charge in [0, 0.05) is 18.1 Å². The Labute approximate surface area is 142 Å². The van der Waals surface area contributed by atoms with Gasteiger partial charge in [-0.25, -0.2) is 4.98 Å². The maximum Gasteiger partial charge on any atom is 0.269 e. The second kappa shape index (κ2) is 8.53. The summed E-state index contributed by atoms with van der Waals surface area (Å²) in [5.41, 5.74) is 2.30. The number of carbonyl (C=O) groups excluding carboxylic acids is 1. The molecular weight excluding hydrogens is 310 g/mol. The van der Waals surface area contributed by atoms with E-state index >= 15 is 0 Å². The molecule has 1 heterocycles. The van der Waals surface area contributed by atoms with E-state index < -0.39 is 0 Å². The number of nitrogens with zero attached hydrogens (tertiary/aromatic N) is 1. The predicted octanol–water partition coefficient (Wildman–Crippen LogP) is 4.12. The molecule has 2 rings (SSSR count). The molecule has 1 aromatic heterocycles. The van der Waals surface area contributed by atoms with Crippen molar-refractivity contribution in [2.45, 2.75) is 26.8 Å². The third-order valence-electron chi connectivity index (χ3n) is 3.44. The monoisotopic (exact) mass is 331 g/mol. The van der Waals surface area contributed by atoms with E-state index in [1.165, 1.54) is 0 Å². The molecule has 0 spiro atoms. The maximum atomic E-state index is 12.0. The van der Waals surface area contributed by atoms with Crippen LogP contribution in [0.2, 0.25) is 5.02 Å². The zero-order chi connectivity index (χ0) is 16.7. The van der Waals surface area contributed by atoms with E-state index in [0.29, 0.717) is 24.7 Å². The van der Waals surface area contributed by atoms with Crippen molar-refractivity contribution in [3.8, 4) is 0 Å². The van der Waals surface area contributed by atoms with Gasteiger partial charge in [0.05, 0.1) is 11.9 Å². The Kier molecular flexibility index (Phi) is 6.41. The van der Waals surface area contributed by atoms with Crippen LogP contribution >= 0.6 is 11.6 Å². The number of carbonyl (C=O) groups is 1. The third-order valence-corrected chi connectivity index (χ3v) is 3.81. The van der Waals surface area contributed by atoms with E-state index in [0.717, 1.165) is 22.7 Å². The van der Waals surface area contributed by atoms with E-state index in [1.807, 2.05) is 30.3 Å². The molecule has 1 aromatic carbocycles. The summed E-state index contributed by atoms with van der Waals surface area (Å²) in [5, 5.41) is 6.85. The first kappa shape index (κ1) is 17.3. The Morgan fingerprint density at radius 1 is 1.22 bits per heavy atom.